The Morgan fingerprint density at radius 1 is 1.08 bits per heavy atom. The third-order valence-electron chi connectivity index (χ3n) is 8.27. The van der Waals surface area contributed by atoms with Gasteiger partial charge in [0.15, 0.2) is 11.5 Å². The molecule has 0 aliphatic carbocycles. The number of thiophene rings is 1. The fourth-order valence-corrected chi connectivity index (χ4v) is 7.40. The lowest BCUT2D eigenvalue weighted by atomic mass is 9.85. The average Bonchev–Trinajstić information content (AvgIpc) is 3.48. The summed E-state index contributed by atoms with van der Waals surface area (Å²) in [6, 6.07) is 12.7. The first kappa shape index (κ1) is 35.2. The van der Waals surface area contributed by atoms with Crippen LogP contribution in [0, 0.1) is 5.82 Å². The number of hydrogen-bond acceptors (Lipinski definition) is 9. The Labute approximate surface area is 291 Å². The topological polar surface area (TPSA) is 115 Å². The highest BCUT2D eigenvalue weighted by molar-refractivity contribution is 7.14. The Balaban J connectivity index is 1.58. The van der Waals surface area contributed by atoms with E-state index in [9.17, 15) is 19.9 Å². The quantitative estimate of drug-likeness (QED) is 0.155. The van der Waals surface area contributed by atoms with Gasteiger partial charge >= 0.3 is 6.09 Å². The number of benzene rings is 2. The number of carbonyl (C=O) groups is 2. The molecule has 48 heavy (non-hydrogen) atoms. The zero-order valence-corrected chi connectivity index (χ0v) is 28.8. The second-order valence-corrected chi connectivity index (χ2v) is 13.3. The molecule has 0 saturated carbocycles. The third-order valence-corrected chi connectivity index (χ3v) is 10.0. The van der Waals surface area contributed by atoms with Gasteiger partial charge in [0, 0.05) is 34.2 Å². The van der Waals surface area contributed by atoms with E-state index in [0.29, 0.717) is 45.9 Å². The van der Waals surface area contributed by atoms with Crippen LogP contribution in [0.25, 0.3) is 0 Å². The van der Waals surface area contributed by atoms with Crippen molar-refractivity contribution in [1.29, 1.82) is 0 Å². The van der Waals surface area contributed by atoms with Gasteiger partial charge in [-0.1, -0.05) is 41.4 Å². The van der Waals surface area contributed by atoms with E-state index in [4.69, 9.17) is 37.4 Å². The largest absolute Gasteiger partial charge is 0.544 e. The summed E-state index contributed by atoms with van der Waals surface area (Å²) in [4.78, 5) is 29.9. The van der Waals surface area contributed by atoms with E-state index in [1.54, 1.807) is 30.3 Å². The first-order valence-corrected chi connectivity index (χ1v) is 16.6. The van der Waals surface area contributed by atoms with Gasteiger partial charge in [-0.3, -0.25) is 10.1 Å². The van der Waals surface area contributed by atoms with Crippen LogP contribution in [0.5, 0.6) is 11.5 Å². The zero-order valence-electron chi connectivity index (χ0n) is 26.5. The number of halogens is 3. The second kappa shape index (κ2) is 15.4. The van der Waals surface area contributed by atoms with Gasteiger partial charge in [0.25, 0.3) is 0 Å². The number of nitrogens with zero attached hydrogens (tertiary/aromatic N) is 3. The molecule has 0 bridgehead atoms. The summed E-state index contributed by atoms with van der Waals surface area (Å²) >= 11 is 13.9. The molecule has 0 spiro atoms. The number of carbonyl (C=O) groups excluding carboxylic acids is 2. The maximum atomic E-state index is 15.2. The highest BCUT2D eigenvalue weighted by atomic mass is 35.5. The minimum atomic E-state index is -1.43. The monoisotopic (exact) mass is 717 g/mol. The molecule has 1 fully saturated rings. The van der Waals surface area contributed by atoms with Crippen molar-refractivity contribution in [2.75, 3.05) is 39.3 Å². The number of ether oxygens (including phenoxy) is 3. The number of anilines is 1. The Morgan fingerprint density at radius 2 is 1.75 bits per heavy atom. The van der Waals surface area contributed by atoms with Crippen LogP contribution in [0.3, 0.4) is 0 Å². The van der Waals surface area contributed by atoms with Gasteiger partial charge in [-0.15, -0.1) is 11.3 Å². The first-order chi connectivity index (χ1) is 23.0. The predicted octanol–water partition coefficient (Wildman–Crippen LogP) is 5.71. The molecule has 2 aromatic heterocycles. The van der Waals surface area contributed by atoms with E-state index in [2.05, 4.69) is 4.90 Å². The number of pyridine rings is 1. The van der Waals surface area contributed by atoms with Crippen LogP contribution in [0.1, 0.15) is 50.0 Å². The molecule has 1 aliphatic heterocycles. The fraction of sp³-hybridized carbons (Fsp3) is 0.324. The molecular formula is C34H34Cl2FN3O7S. The fourth-order valence-electron chi connectivity index (χ4n) is 5.75. The average molecular weight is 719 g/mol. The van der Waals surface area contributed by atoms with E-state index >= 15 is 4.39 Å². The van der Waals surface area contributed by atoms with Crippen molar-refractivity contribution in [3.05, 3.63) is 103 Å². The Kier molecular flexibility index (Phi) is 11.3. The van der Waals surface area contributed by atoms with Crippen LogP contribution in [0.4, 0.5) is 14.9 Å². The molecule has 10 nitrogen and oxygen atoms in total. The third kappa shape index (κ3) is 7.95. The van der Waals surface area contributed by atoms with Crippen molar-refractivity contribution in [2.45, 2.75) is 37.8 Å². The van der Waals surface area contributed by atoms with E-state index in [1.165, 1.54) is 49.7 Å². The van der Waals surface area contributed by atoms with E-state index in [-0.39, 0.29) is 39.7 Å². The van der Waals surface area contributed by atoms with Gasteiger partial charge in [0.1, 0.15) is 22.0 Å². The molecule has 3 heterocycles. The van der Waals surface area contributed by atoms with Crippen LogP contribution >= 0.6 is 34.5 Å². The Bertz CT molecular complexity index is 1780. The van der Waals surface area contributed by atoms with Gasteiger partial charge in [0.2, 0.25) is 12.4 Å². The summed E-state index contributed by atoms with van der Waals surface area (Å²) in [6.45, 7) is 1.34. The Morgan fingerprint density at radius 3 is 2.38 bits per heavy atom. The summed E-state index contributed by atoms with van der Waals surface area (Å²) < 4.78 is 32.7. The lowest BCUT2D eigenvalue weighted by Gasteiger charge is -2.31. The number of aromatic carboxylic acids is 1. The SMILES string of the molecule is COc1ccc([C@H](Cc2c(Cl)c[n+](O)cc2Cl)c2cc(CN(C(=O)OC3CCN(C)CC3)c3ccccc3F)sc2C(=O)[O-])cc1OC. The van der Waals surface area contributed by atoms with Crippen molar-refractivity contribution >= 4 is 52.3 Å². The lowest BCUT2D eigenvalue weighted by molar-refractivity contribution is -0.904. The van der Waals surface area contributed by atoms with Gasteiger partial charge in [-0.2, -0.15) is 0 Å². The number of aromatic nitrogens is 1. The van der Waals surface area contributed by atoms with E-state index in [0.717, 1.165) is 29.2 Å². The van der Waals surface area contributed by atoms with Crippen molar-refractivity contribution in [1.82, 2.24) is 4.90 Å². The normalized spacial score (nSPS) is 14.4. The molecule has 0 radical (unpaired) electrons. The Hall–Kier alpha value is -4.10. The summed E-state index contributed by atoms with van der Waals surface area (Å²) in [6.07, 6.45) is 2.85. The summed E-state index contributed by atoms with van der Waals surface area (Å²) in [5, 5.41) is 22.9. The van der Waals surface area contributed by atoms with E-state index in [1.807, 2.05) is 7.05 Å². The summed E-state index contributed by atoms with van der Waals surface area (Å²) in [5.74, 6) is -1.87. The van der Waals surface area contributed by atoms with Crippen molar-refractivity contribution in [2.24, 2.45) is 0 Å². The molecule has 2 aromatic carbocycles. The first-order valence-electron chi connectivity index (χ1n) is 15.0. The number of carboxylic acids is 1. The molecule has 1 amide bonds. The standard InChI is InChI=1S/C34H34Cl2FN3O7S/c1-38-12-10-21(11-13-38)47-34(43)40(29-7-5-4-6-28(29)37)17-22-15-24(32(48-22)33(41)42)23(16-25-26(35)18-39(44)19-27(25)36)20-8-9-30(45-2)31(14-20)46-3/h4-9,14-15,18-19,21,23H,10-13,16-17H2,1-3H3,(H-,41,42,44)/t23-/m0/s1. The molecule has 1 N–H and O–H groups in total. The van der Waals surface area contributed by atoms with Gasteiger partial charge in [-0.25, -0.2) is 9.18 Å². The molecular weight excluding hydrogens is 684 g/mol. The molecule has 1 saturated heterocycles. The highest BCUT2D eigenvalue weighted by Gasteiger charge is 2.30. The maximum absolute atomic E-state index is 15.2. The maximum Gasteiger partial charge on any atom is 0.414 e. The van der Waals surface area contributed by atoms with Crippen LogP contribution in [-0.2, 0) is 17.7 Å². The smallest absolute Gasteiger partial charge is 0.414 e. The molecule has 1 atom stereocenters. The molecule has 0 unspecified atom stereocenters. The number of amides is 1. The lowest BCUT2D eigenvalue weighted by Crippen LogP contribution is -2.39. The number of methoxy groups -OCH3 is 2. The van der Waals surface area contributed by atoms with Gasteiger partial charge in [-0.05, 0) is 67.8 Å². The summed E-state index contributed by atoms with van der Waals surface area (Å²) in [5.41, 5.74) is 1.44. The van der Waals surface area contributed by atoms with E-state index < -0.39 is 23.8 Å². The number of rotatable bonds is 11. The minimum Gasteiger partial charge on any atom is -0.544 e. The predicted molar refractivity (Wildman–Crippen MR) is 177 cm³/mol. The molecule has 1 aliphatic rings. The van der Waals surface area contributed by atoms with Crippen molar-refractivity contribution in [3.63, 3.8) is 0 Å². The number of likely N-dealkylation sites (tertiary alicyclic amines) is 1. The highest BCUT2D eigenvalue weighted by Crippen LogP contribution is 2.41. The van der Waals surface area contributed by atoms with Crippen LogP contribution in [-0.4, -0.2) is 62.6 Å². The van der Waals surface area contributed by atoms with Crippen LogP contribution < -0.4 is 24.2 Å². The van der Waals surface area contributed by atoms with Crippen LogP contribution in [0.15, 0.2) is 60.9 Å². The van der Waals surface area contributed by atoms with Gasteiger partial charge < -0.3 is 29.0 Å². The molecule has 14 heteroatoms. The second-order valence-electron chi connectivity index (χ2n) is 11.4. The van der Waals surface area contributed by atoms with Gasteiger partial charge in [0.05, 0.1) is 37.3 Å². The number of carboxylic acid groups (broad SMARTS) is 1. The number of hydrogen-bond donors (Lipinski definition) is 1. The molecule has 254 valence electrons. The number of piperidine rings is 1. The number of para-hydroxylation sites is 1. The van der Waals surface area contributed by atoms with Crippen molar-refractivity contribution < 1.29 is 43.2 Å². The van der Waals surface area contributed by atoms with Crippen molar-refractivity contribution in [3.8, 4) is 11.5 Å². The summed E-state index contributed by atoms with van der Waals surface area (Å²) in [7, 11) is 4.98. The molecule has 4 aromatic rings. The minimum absolute atomic E-state index is 0.00280. The van der Waals surface area contributed by atoms with Crippen LogP contribution in [0.2, 0.25) is 10.0 Å². The molecule has 5 rings (SSSR count). The zero-order chi connectivity index (χ0) is 34.5.